The van der Waals surface area contributed by atoms with Crippen molar-refractivity contribution in [1.82, 2.24) is 9.55 Å². The minimum absolute atomic E-state index is 0.0318. The predicted molar refractivity (Wildman–Crippen MR) is 194 cm³/mol. The third-order valence-corrected chi connectivity index (χ3v) is 9.04. The smallest absolute Gasteiger partial charge is 0.412 e. The van der Waals surface area contributed by atoms with Crippen LogP contribution >= 0.6 is 0 Å². The van der Waals surface area contributed by atoms with E-state index in [4.69, 9.17) is 23.9 Å². The predicted octanol–water partition coefficient (Wildman–Crippen LogP) is 2.64. The Labute approximate surface area is 320 Å². The van der Waals surface area contributed by atoms with Crippen LogP contribution in [0, 0.1) is 40.5 Å². The first-order chi connectivity index (χ1) is 27.8. The number of nitro groups is 4. The molecule has 0 saturated heterocycles. The van der Waals surface area contributed by atoms with Gasteiger partial charge in [0.2, 0.25) is 6.61 Å². The fourth-order valence-electron chi connectivity index (χ4n) is 6.64. The normalized spacial score (nSPS) is 11.7. The average molecular weight is 792 g/mol. The molecule has 3 heterocycles. The largest absolute Gasteiger partial charge is 0.535 e. The number of aromatic nitrogens is 2. The van der Waals surface area contributed by atoms with E-state index in [-0.39, 0.29) is 30.6 Å². The summed E-state index contributed by atoms with van der Waals surface area (Å²) in [5.41, 5.74) is -3.77. The first-order valence-electron chi connectivity index (χ1n) is 16.3. The summed E-state index contributed by atoms with van der Waals surface area (Å²) in [5.74, 6) is -1.11. The number of benzene rings is 3. The molecule has 1 aliphatic carbocycles. The molecule has 0 bridgehead atoms. The zero-order valence-electron chi connectivity index (χ0n) is 28.9. The van der Waals surface area contributed by atoms with Crippen molar-refractivity contribution in [2.45, 2.75) is 19.8 Å². The average Bonchev–Trinajstić information content (AvgIpc) is 3.71. The number of pyridine rings is 2. The van der Waals surface area contributed by atoms with E-state index in [1.165, 1.54) is 18.1 Å². The van der Waals surface area contributed by atoms with Crippen molar-refractivity contribution in [1.29, 1.82) is 0 Å². The molecule has 1 aliphatic heterocycles. The van der Waals surface area contributed by atoms with Gasteiger partial charge < -0.3 is 23.5 Å². The summed E-state index contributed by atoms with van der Waals surface area (Å²) in [4.78, 5) is 102. The van der Waals surface area contributed by atoms with Gasteiger partial charge in [0.25, 0.3) is 41.3 Å². The number of esters is 1. The topological polar surface area (TPSA) is 308 Å². The molecule has 24 heteroatoms. The Bertz CT molecular complexity index is 2700. The molecule has 0 unspecified atom stereocenters. The molecule has 2 aromatic heterocycles. The molecule has 5 aromatic rings. The van der Waals surface area contributed by atoms with E-state index >= 15 is 0 Å². The first kappa shape index (κ1) is 37.9. The van der Waals surface area contributed by atoms with Gasteiger partial charge in [0, 0.05) is 39.8 Å². The van der Waals surface area contributed by atoms with Gasteiger partial charge in [-0.3, -0.25) is 54.8 Å². The molecule has 0 spiro atoms. The maximum Gasteiger partial charge on any atom is 0.412 e. The summed E-state index contributed by atoms with van der Waals surface area (Å²) in [7, 11) is 1.25. The minimum atomic E-state index is -1.11. The van der Waals surface area contributed by atoms with Crippen LogP contribution in [-0.4, -0.2) is 68.0 Å². The van der Waals surface area contributed by atoms with Gasteiger partial charge in [-0.15, -0.1) is 0 Å². The maximum atomic E-state index is 13.7. The number of ether oxygens (including phenoxy) is 2. The molecular formula is C34H19BN7O16. The molecule has 2 aliphatic rings. The van der Waals surface area contributed by atoms with E-state index in [2.05, 4.69) is 5.16 Å². The van der Waals surface area contributed by atoms with E-state index in [9.17, 15) is 59.6 Å². The Morgan fingerprint density at radius 2 is 1.50 bits per heavy atom. The molecule has 58 heavy (non-hydrogen) atoms. The molecule has 0 fully saturated rings. The lowest BCUT2D eigenvalue weighted by Crippen LogP contribution is -2.26. The Morgan fingerprint density at radius 1 is 0.845 bits per heavy atom. The van der Waals surface area contributed by atoms with Crippen molar-refractivity contribution < 1.29 is 53.0 Å². The van der Waals surface area contributed by atoms with Crippen LogP contribution in [0.15, 0.2) is 64.5 Å². The second-order valence-electron chi connectivity index (χ2n) is 12.3. The molecule has 289 valence electrons. The number of hydrogen-bond donors (Lipinski definition) is 0. The van der Waals surface area contributed by atoms with Crippen molar-refractivity contribution in [3.63, 3.8) is 0 Å². The van der Waals surface area contributed by atoms with Crippen LogP contribution < -0.4 is 11.0 Å². The van der Waals surface area contributed by atoms with E-state index in [1.54, 1.807) is 24.3 Å². The molecule has 0 saturated carbocycles. The van der Waals surface area contributed by atoms with Crippen molar-refractivity contribution >= 4 is 71.2 Å². The van der Waals surface area contributed by atoms with Crippen LogP contribution in [0.25, 0.3) is 33.4 Å². The summed E-state index contributed by atoms with van der Waals surface area (Å²) >= 11 is 0. The van der Waals surface area contributed by atoms with Crippen molar-refractivity contribution in [3.8, 4) is 22.5 Å². The molecule has 7 rings (SSSR count). The molecule has 0 atom stereocenters. The van der Waals surface area contributed by atoms with Crippen LogP contribution in [0.1, 0.15) is 27.8 Å². The van der Waals surface area contributed by atoms with E-state index in [0.29, 0.717) is 45.4 Å². The van der Waals surface area contributed by atoms with Gasteiger partial charge in [0.15, 0.2) is 0 Å². The first-order valence-corrected chi connectivity index (χ1v) is 16.3. The van der Waals surface area contributed by atoms with Crippen molar-refractivity contribution in [2.24, 2.45) is 5.16 Å². The number of carbonyl (C=O) groups excluding carboxylic acids is 3. The van der Waals surface area contributed by atoms with Gasteiger partial charge in [-0.2, -0.15) is 0 Å². The highest BCUT2D eigenvalue weighted by molar-refractivity contribution is 6.48. The zero-order valence-corrected chi connectivity index (χ0v) is 28.9. The number of fused-ring (bicyclic) bond motifs is 7. The number of non-ortho nitro benzene ring substituents is 2. The lowest BCUT2D eigenvalue weighted by molar-refractivity contribution is -0.395. The van der Waals surface area contributed by atoms with Crippen LogP contribution in [0.3, 0.4) is 0 Å². The second kappa shape index (κ2) is 15.0. The molecule has 23 nitrogen and oxygen atoms in total. The summed E-state index contributed by atoms with van der Waals surface area (Å²) in [6, 6.07) is 11.1. The van der Waals surface area contributed by atoms with Crippen molar-refractivity contribution in [3.05, 3.63) is 133 Å². The van der Waals surface area contributed by atoms with Gasteiger partial charge in [0.05, 0.1) is 72.0 Å². The molecular weight excluding hydrogens is 773 g/mol. The Kier molecular flexibility index (Phi) is 9.80. The third-order valence-electron chi connectivity index (χ3n) is 9.04. The standard InChI is InChI=1S/C34H19BN7O16/c43-14-55-12-24-18(5-28-32-17(10-38(28)34(24)46)3-16-4-19(35-57-15-44)1-2-25(16)36-32)11-56-29(45)13-58-37-33-22-6-20(39(47)48)8-26(41(51)52)30(22)31-23(33)7-21(40(49)50)9-27(31)42(53)54/h1-9,14-15H,10-13H2. The fourth-order valence-corrected chi connectivity index (χ4v) is 6.64. The maximum absolute atomic E-state index is 13.7. The SMILES string of the molecule is O=CO[B]c1ccc2nc3c(cc2c1)Cn1c-3cc(COC(=O)CON=C2c3cc([N+](=O)[O-])cc([N+](=O)[O-])c3-c3c2cc([N+](=O)[O-])cc3[N+](=O)[O-])c(COC=O)c1=O. The number of carbonyl (C=O) groups is 3. The van der Waals surface area contributed by atoms with Crippen LogP contribution in [0.5, 0.6) is 0 Å². The number of oxime groups is 1. The number of hydrogen-bond acceptors (Lipinski definition) is 18. The van der Waals surface area contributed by atoms with Crippen LogP contribution in [-0.2, 0) is 53.1 Å². The van der Waals surface area contributed by atoms with E-state index < -0.39 is 102 Å². The number of nitro benzene ring substituents is 4. The molecule has 3 aromatic carbocycles. The van der Waals surface area contributed by atoms with Gasteiger partial charge in [0.1, 0.15) is 18.9 Å². The summed E-state index contributed by atoms with van der Waals surface area (Å²) in [6.07, 6.45) is 0. The lowest BCUT2D eigenvalue weighted by atomic mass is 9.87. The highest BCUT2D eigenvalue weighted by atomic mass is 16.7. The van der Waals surface area contributed by atoms with E-state index in [0.717, 1.165) is 12.1 Å². The Balaban J connectivity index is 1.18. The highest BCUT2D eigenvalue weighted by Crippen LogP contribution is 2.50. The van der Waals surface area contributed by atoms with Gasteiger partial charge in [-0.25, -0.2) is 9.78 Å². The number of rotatable bonds is 15. The Hall–Kier alpha value is -8.44. The van der Waals surface area contributed by atoms with Crippen molar-refractivity contribution in [2.75, 3.05) is 6.61 Å². The van der Waals surface area contributed by atoms with Crippen LogP contribution in [0.2, 0.25) is 0 Å². The number of nitrogens with zero attached hydrogens (tertiary/aromatic N) is 7. The quantitative estimate of drug-likeness (QED) is 0.0473. The van der Waals surface area contributed by atoms with Gasteiger partial charge in [-0.1, -0.05) is 17.3 Å². The molecule has 1 radical (unpaired) electrons. The summed E-state index contributed by atoms with van der Waals surface area (Å²) in [6.45, 7) is -1.57. The lowest BCUT2D eigenvalue weighted by Gasteiger charge is -2.13. The minimum Gasteiger partial charge on any atom is -0.535 e. The highest BCUT2D eigenvalue weighted by Gasteiger charge is 2.42. The summed E-state index contributed by atoms with van der Waals surface area (Å²) < 4.78 is 16.3. The Morgan fingerprint density at radius 3 is 2.09 bits per heavy atom. The molecule has 0 N–H and O–H groups in total. The second-order valence-corrected chi connectivity index (χ2v) is 12.3. The summed E-state index contributed by atoms with van der Waals surface area (Å²) in [5, 5.41) is 51.9. The zero-order chi connectivity index (χ0) is 41.4. The third kappa shape index (κ3) is 6.75. The monoisotopic (exact) mass is 792 g/mol. The van der Waals surface area contributed by atoms with E-state index in [1.807, 2.05) is 0 Å². The van der Waals surface area contributed by atoms with Crippen LogP contribution in [0.4, 0.5) is 22.7 Å². The van der Waals surface area contributed by atoms with Gasteiger partial charge in [-0.05, 0) is 23.7 Å². The fraction of sp³-hybridized carbons (Fsp3) is 0.118. The molecule has 0 amide bonds. The van der Waals surface area contributed by atoms with Gasteiger partial charge >= 0.3 is 13.5 Å².